The van der Waals surface area contributed by atoms with E-state index in [0.29, 0.717) is 16.4 Å². The third-order valence-corrected chi connectivity index (χ3v) is 3.37. The molecule has 6 nitrogen and oxygen atoms in total. The zero-order valence-corrected chi connectivity index (χ0v) is 12.5. The first kappa shape index (κ1) is 15.1. The van der Waals surface area contributed by atoms with E-state index >= 15 is 0 Å². The zero-order chi connectivity index (χ0) is 16.2. The van der Waals surface area contributed by atoms with E-state index in [2.05, 4.69) is 20.8 Å². The highest BCUT2D eigenvalue weighted by Gasteiger charge is 2.11. The summed E-state index contributed by atoms with van der Waals surface area (Å²) in [7, 11) is 0. The number of halogens is 2. The summed E-state index contributed by atoms with van der Waals surface area (Å²) in [6, 6.07) is 12.3. The fourth-order valence-electron chi connectivity index (χ4n) is 1.96. The third-order valence-electron chi connectivity index (χ3n) is 3.12. The number of carbonyl (C=O) groups excluding carboxylic acids is 1. The molecular weight excluding hydrogens is 321 g/mol. The minimum Gasteiger partial charge on any atom is -0.345 e. The minimum absolute atomic E-state index is 0.131. The zero-order valence-electron chi connectivity index (χ0n) is 11.8. The molecule has 0 spiro atoms. The van der Waals surface area contributed by atoms with Crippen molar-refractivity contribution in [1.82, 2.24) is 25.5 Å². The molecule has 0 atom stereocenters. The largest absolute Gasteiger partial charge is 0.345 e. The van der Waals surface area contributed by atoms with Crippen LogP contribution in [-0.4, -0.2) is 26.1 Å². The van der Waals surface area contributed by atoms with Crippen LogP contribution < -0.4 is 5.32 Å². The van der Waals surface area contributed by atoms with E-state index in [4.69, 9.17) is 11.6 Å². The second-order valence-corrected chi connectivity index (χ2v) is 5.11. The van der Waals surface area contributed by atoms with E-state index in [9.17, 15) is 9.18 Å². The summed E-state index contributed by atoms with van der Waals surface area (Å²) in [4.78, 5) is 12.0. The molecule has 3 aromatic rings. The van der Waals surface area contributed by atoms with Crippen LogP contribution in [0.4, 0.5) is 4.39 Å². The van der Waals surface area contributed by atoms with Crippen LogP contribution in [0.25, 0.3) is 5.69 Å². The molecule has 8 heteroatoms. The van der Waals surface area contributed by atoms with Crippen LogP contribution in [0.3, 0.4) is 0 Å². The van der Waals surface area contributed by atoms with Gasteiger partial charge >= 0.3 is 0 Å². The summed E-state index contributed by atoms with van der Waals surface area (Å²) < 4.78 is 14.4. The van der Waals surface area contributed by atoms with Crippen LogP contribution in [0.1, 0.15) is 16.2 Å². The van der Waals surface area contributed by atoms with Crippen molar-refractivity contribution in [3.05, 3.63) is 70.8 Å². The molecule has 0 fully saturated rings. The predicted octanol–water partition coefficient (Wildman–Crippen LogP) is 2.38. The van der Waals surface area contributed by atoms with Gasteiger partial charge < -0.3 is 5.32 Å². The standard InChI is InChI=1S/C15H11ClFN5O/c16-11-3-7-13(8-4-11)22-14(19-20-21-22)9-18-15(23)10-1-5-12(17)6-2-10/h1-8H,9H2,(H,18,23). The maximum absolute atomic E-state index is 12.9. The number of rotatable bonds is 4. The fourth-order valence-corrected chi connectivity index (χ4v) is 2.09. The molecule has 0 aliphatic carbocycles. The average Bonchev–Trinajstić information content (AvgIpc) is 3.02. The molecule has 0 radical (unpaired) electrons. The SMILES string of the molecule is O=C(NCc1nnnn1-c1ccc(Cl)cc1)c1ccc(F)cc1. The molecule has 1 N–H and O–H groups in total. The highest BCUT2D eigenvalue weighted by atomic mass is 35.5. The Bertz CT molecular complexity index is 817. The Morgan fingerprint density at radius 2 is 1.83 bits per heavy atom. The maximum atomic E-state index is 12.9. The quantitative estimate of drug-likeness (QED) is 0.796. The molecule has 23 heavy (non-hydrogen) atoms. The molecule has 1 aromatic heterocycles. The van der Waals surface area contributed by atoms with E-state index in [0.717, 1.165) is 5.69 Å². The fraction of sp³-hybridized carbons (Fsp3) is 0.0667. The summed E-state index contributed by atoms with van der Waals surface area (Å²) in [5, 5.41) is 14.7. The second kappa shape index (κ2) is 6.53. The average molecular weight is 332 g/mol. The molecule has 0 unspecified atom stereocenters. The van der Waals surface area contributed by atoms with Crippen molar-refractivity contribution < 1.29 is 9.18 Å². The van der Waals surface area contributed by atoms with Crippen molar-refractivity contribution in [3.63, 3.8) is 0 Å². The van der Waals surface area contributed by atoms with Crippen LogP contribution in [-0.2, 0) is 6.54 Å². The van der Waals surface area contributed by atoms with E-state index in [-0.39, 0.29) is 12.5 Å². The summed E-state index contributed by atoms with van der Waals surface area (Å²) in [5.74, 6) is -0.272. The van der Waals surface area contributed by atoms with Crippen LogP contribution in [0.2, 0.25) is 5.02 Å². The molecule has 2 aromatic carbocycles. The number of aromatic nitrogens is 4. The molecule has 1 heterocycles. The molecule has 0 saturated heterocycles. The third kappa shape index (κ3) is 3.51. The van der Waals surface area contributed by atoms with Crippen molar-refractivity contribution in [2.24, 2.45) is 0 Å². The van der Waals surface area contributed by atoms with Gasteiger partial charge in [-0.3, -0.25) is 4.79 Å². The van der Waals surface area contributed by atoms with Gasteiger partial charge in [0.15, 0.2) is 5.82 Å². The lowest BCUT2D eigenvalue weighted by Gasteiger charge is -2.06. The number of benzene rings is 2. The maximum Gasteiger partial charge on any atom is 0.251 e. The number of carbonyl (C=O) groups is 1. The molecule has 0 bridgehead atoms. The van der Waals surface area contributed by atoms with Crippen molar-refractivity contribution in [2.75, 3.05) is 0 Å². The Morgan fingerprint density at radius 1 is 1.13 bits per heavy atom. The summed E-state index contributed by atoms with van der Waals surface area (Å²) >= 11 is 5.85. The van der Waals surface area contributed by atoms with Crippen LogP contribution >= 0.6 is 11.6 Å². The Morgan fingerprint density at radius 3 is 2.52 bits per heavy atom. The van der Waals surface area contributed by atoms with Crippen molar-refractivity contribution in [1.29, 1.82) is 0 Å². The molecular formula is C15H11ClFN5O. The lowest BCUT2D eigenvalue weighted by Crippen LogP contribution is -2.24. The number of amides is 1. The molecule has 3 rings (SSSR count). The molecule has 0 aliphatic heterocycles. The first-order chi connectivity index (χ1) is 11.1. The number of tetrazole rings is 1. The van der Waals surface area contributed by atoms with Crippen molar-refractivity contribution in [3.8, 4) is 5.69 Å². The van der Waals surface area contributed by atoms with Crippen LogP contribution in [0.15, 0.2) is 48.5 Å². The van der Waals surface area contributed by atoms with Crippen molar-refractivity contribution >= 4 is 17.5 Å². The first-order valence-corrected chi connectivity index (χ1v) is 7.08. The summed E-state index contributed by atoms with van der Waals surface area (Å²) in [6.07, 6.45) is 0. The summed E-state index contributed by atoms with van der Waals surface area (Å²) in [6.45, 7) is 0.131. The van der Waals surface area contributed by atoms with E-state index in [1.807, 2.05) is 0 Å². The molecule has 116 valence electrons. The van der Waals surface area contributed by atoms with E-state index < -0.39 is 5.82 Å². The normalized spacial score (nSPS) is 10.5. The number of nitrogens with zero attached hydrogens (tertiary/aromatic N) is 4. The monoisotopic (exact) mass is 331 g/mol. The number of nitrogens with one attached hydrogen (secondary N) is 1. The lowest BCUT2D eigenvalue weighted by molar-refractivity contribution is 0.0949. The highest BCUT2D eigenvalue weighted by Crippen LogP contribution is 2.13. The van der Waals surface area contributed by atoms with Gasteiger partial charge in [0.05, 0.1) is 12.2 Å². The van der Waals surface area contributed by atoms with E-state index in [1.165, 1.54) is 28.9 Å². The molecule has 0 saturated carbocycles. The van der Waals surface area contributed by atoms with Gasteiger partial charge in [-0.2, -0.15) is 4.68 Å². The van der Waals surface area contributed by atoms with Gasteiger partial charge in [-0.15, -0.1) is 5.10 Å². The molecule has 1 amide bonds. The van der Waals surface area contributed by atoms with Gasteiger partial charge in [-0.05, 0) is 59.0 Å². The topological polar surface area (TPSA) is 72.7 Å². The van der Waals surface area contributed by atoms with Gasteiger partial charge in [-0.25, -0.2) is 4.39 Å². The minimum atomic E-state index is -0.395. The van der Waals surface area contributed by atoms with Crippen LogP contribution in [0.5, 0.6) is 0 Å². The first-order valence-electron chi connectivity index (χ1n) is 6.70. The Kier molecular flexibility index (Phi) is 4.29. The van der Waals surface area contributed by atoms with Gasteiger partial charge in [0.2, 0.25) is 0 Å². The lowest BCUT2D eigenvalue weighted by atomic mass is 10.2. The van der Waals surface area contributed by atoms with Gasteiger partial charge in [-0.1, -0.05) is 11.6 Å². The van der Waals surface area contributed by atoms with Crippen molar-refractivity contribution in [2.45, 2.75) is 6.54 Å². The Balaban J connectivity index is 1.72. The predicted molar refractivity (Wildman–Crippen MR) is 81.7 cm³/mol. The highest BCUT2D eigenvalue weighted by molar-refractivity contribution is 6.30. The second-order valence-electron chi connectivity index (χ2n) is 4.67. The molecule has 0 aliphatic rings. The summed E-state index contributed by atoms with van der Waals surface area (Å²) in [5.41, 5.74) is 1.09. The smallest absolute Gasteiger partial charge is 0.251 e. The number of hydrogen-bond donors (Lipinski definition) is 1. The number of hydrogen-bond acceptors (Lipinski definition) is 4. The van der Waals surface area contributed by atoms with Gasteiger partial charge in [0, 0.05) is 10.6 Å². The van der Waals surface area contributed by atoms with Gasteiger partial charge in [0.1, 0.15) is 5.82 Å². The van der Waals surface area contributed by atoms with Crippen LogP contribution in [0, 0.1) is 5.82 Å². The Hall–Kier alpha value is -2.80. The van der Waals surface area contributed by atoms with E-state index in [1.54, 1.807) is 24.3 Å². The van der Waals surface area contributed by atoms with Gasteiger partial charge in [0.25, 0.3) is 5.91 Å². The Labute approximate surface area is 135 Å².